The number of benzene rings is 2. The van der Waals surface area contributed by atoms with E-state index in [9.17, 15) is 4.79 Å². The fourth-order valence-corrected chi connectivity index (χ4v) is 3.80. The van der Waals surface area contributed by atoms with Crippen molar-refractivity contribution in [1.82, 2.24) is 20.0 Å². The smallest absolute Gasteiger partial charge is 0.237 e. The highest BCUT2D eigenvalue weighted by Crippen LogP contribution is 2.24. The monoisotopic (exact) mass is 466 g/mol. The summed E-state index contributed by atoms with van der Waals surface area (Å²) in [5, 5.41) is 9.82. The number of hydrogen-bond acceptors (Lipinski definition) is 4. The van der Waals surface area contributed by atoms with Gasteiger partial charge in [-0.1, -0.05) is 52.1 Å². The number of carbonyl (C=O) groups is 1. The molecule has 0 amide bonds. The number of Topliss-reactive ketones (excluding diaryl/α,β-unsaturated/α-hetero) is 1. The largest absolute Gasteiger partial charge is 0.279 e. The van der Waals surface area contributed by atoms with Crippen LogP contribution in [0.4, 0.5) is 0 Å². The van der Waals surface area contributed by atoms with Gasteiger partial charge < -0.3 is 0 Å². The SMILES string of the molecule is O=C(C#Cc1nnn(Cc2cc(Cl)cc(Cl)c2)c1-c1ccncc1)c1ccccc1Cl. The number of pyridine rings is 1. The topological polar surface area (TPSA) is 60.7 Å². The van der Waals surface area contributed by atoms with Crippen LogP contribution in [0.5, 0.6) is 0 Å². The molecule has 0 fully saturated rings. The van der Waals surface area contributed by atoms with E-state index >= 15 is 0 Å². The number of nitrogens with zero attached hydrogens (tertiary/aromatic N) is 4. The van der Waals surface area contributed by atoms with Gasteiger partial charge in [-0.25, -0.2) is 4.68 Å². The zero-order valence-electron chi connectivity index (χ0n) is 15.9. The van der Waals surface area contributed by atoms with Crippen LogP contribution in [0.1, 0.15) is 21.6 Å². The Bertz CT molecular complexity index is 1300. The second-order valence-corrected chi connectivity index (χ2v) is 7.80. The Labute approximate surface area is 193 Å². The fourth-order valence-electron chi connectivity index (χ4n) is 3.01. The first-order valence-corrected chi connectivity index (χ1v) is 10.2. The molecule has 0 radical (unpaired) electrons. The molecule has 0 aliphatic carbocycles. The Kier molecular flexibility index (Phi) is 6.34. The van der Waals surface area contributed by atoms with Crippen LogP contribution < -0.4 is 0 Å². The third kappa shape index (κ3) is 4.95. The van der Waals surface area contributed by atoms with E-state index in [-0.39, 0.29) is 0 Å². The van der Waals surface area contributed by atoms with E-state index in [0.29, 0.717) is 38.6 Å². The molecule has 0 unspecified atom stereocenters. The molecule has 8 heteroatoms. The van der Waals surface area contributed by atoms with Crippen LogP contribution >= 0.6 is 34.8 Å². The van der Waals surface area contributed by atoms with Crippen molar-refractivity contribution in [3.05, 3.63) is 98.9 Å². The minimum Gasteiger partial charge on any atom is -0.279 e. The average molecular weight is 468 g/mol. The first-order valence-electron chi connectivity index (χ1n) is 9.11. The highest BCUT2D eigenvalue weighted by Gasteiger charge is 2.15. The van der Waals surface area contributed by atoms with Crippen molar-refractivity contribution in [1.29, 1.82) is 0 Å². The van der Waals surface area contributed by atoms with Gasteiger partial charge in [-0.15, -0.1) is 5.10 Å². The van der Waals surface area contributed by atoms with Crippen molar-refractivity contribution in [2.45, 2.75) is 6.54 Å². The molecule has 152 valence electrons. The normalized spacial score (nSPS) is 10.4. The zero-order chi connectivity index (χ0) is 21.8. The molecule has 2 heterocycles. The minimum absolute atomic E-state index is 0.336. The van der Waals surface area contributed by atoms with Crippen LogP contribution in [0, 0.1) is 11.8 Å². The molecule has 0 saturated carbocycles. The van der Waals surface area contributed by atoms with E-state index in [1.54, 1.807) is 59.5 Å². The van der Waals surface area contributed by atoms with E-state index in [2.05, 4.69) is 27.1 Å². The van der Waals surface area contributed by atoms with Crippen molar-refractivity contribution in [2.75, 3.05) is 0 Å². The molecule has 0 atom stereocenters. The van der Waals surface area contributed by atoms with E-state index < -0.39 is 5.78 Å². The van der Waals surface area contributed by atoms with Crippen molar-refractivity contribution in [2.24, 2.45) is 0 Å². The summed E-state index contributed by atoms with van der Waals surface area (Å²) in [6.45, 7) is 0.366. The van der Waals surface area contributed by atoms with Gasteiger partial charge in [-0.3, -0.25) is 9.78 Å². The van der Waals surface area contributed by atoms with Crippen LogP contribution in [-0.4, -0.2) is 25.8 Å². The molecule has 0 N–H and O–H groups in total. The fraction of sp³-hybridized carbons (Fsp3) is 0.0435. The maximum absolute atomic E-state index is 12.5. The maximum Gasteiger partial charge on any atom is 0.237 e. The lowest BCUT2D eigenvalue weighted by Gasteiger charge is -2.08. The van der Waals surface area contributed by atoms with Gasteiger partial charge in [-0.05, 0) is 59.9 Å². The van der Waals surface area contributed by atoms with Crippen LogP contribution in [0.2, 0.25) is 15.1 Å². The lowest BCUT2D eigenvalue weighted by molar-refractivity contribution is 0.105. The highest BCUT2D eigenvalue weighted by atomic mass is 35.5. The Morgan fingerprint density at radius 2 is 1.68 bits per heavy atom. The molecule has 0 aliphatic heterocycles. The van der Waals surface area contributed by atoms with Crippen molar-refractivity contribution >= 4 is 40.6 Å². The van der Waals surface area contributed by atoms with Crippen LogP contribution in [0.3, 0.4) is 0 Å². The molecule has 0 spiro atoms. The zero-order valence-corrected chi connectivity index (χ0v) is 18.2. The van der Waals surface area contributed by atoms with Crippen molar-refractivity contribution in [3.63, 3.8) is 0 Å². The van der Waals surface area contributed by atoms with Gasteiger partial charge in [0.15, 0.2) is 5.69 Å². The first-order chi connectivity index (χ1) is 15.0. The molecule has 0 bridgehead atoms. The van der Waals surface area contributed by atoms with E-state index in [1.165, 1.54) is 0 Å². The quantitative estimate of drug-likeness (QED) is 0.290. The predicted octanol–water partition coefficient (Wildman–Crippen LogP) is 5.58. The number of rotatable bonds is 4. The molecule has 4 aromatic rings. The van der Waals surface area contributed by atoms with Crippen molar-refractivity contribution in [3.8, 4) is 23.1 Å². The standard InChI is InChI=1S/C23H13Cl3N4O/c24-17-11-15(12-18(25)13-17)14-30-23(16-7-9-27-10-8-16)21(28-29-30)5-6-22(31)19-3-1-2-4-20(19)26/h1-4,7-13H,14H2. The summed E-state index contributed by atoms with van der Waals surface area (Å²) in [4.78, 5) is 16.6. The van der Waals surface area contributed by atoms with E-state index in [4.69, 9.17) is 34.8 Å². The number of carbonyl (C=O) groups excluding carboxylic acids is 1. The number of hydrogen-bond donors (Lipinski definition) is 0. The van der Waals surface area contributed by atoms with Crippen LogP contribution in [-0.2, 0) is 6.54 Å². The number of ketones is 1. The molecular formula is C23H13Cl3N4O. The Morgan fingerprint density at radius 1 is 0.968 bits per heavy atom. The second kappa shape index (κ2) is 9.32. The molecule has 31 heavy (non-hydrogen) atoms. The van der Waals surface area contributed by atoms with E-state index in [0.717, 1.165) is 11.1 Å². The summed E-state index contributed by atoms with van der Waals surface area (Å²) < 4.78 is 1.68. The summed E-state index contributed by atoms with van der Waals surface area (Å²) in [6.07, 6.45) is 3.32. The van der Waals surface area contributed by atoms with Gasteiger partial charge >= 0.3 is 0 Å². The first kappa shape index (κ1) is 21.1. The number of halogens is 3. The van der Waals surface area contributed by atoms with Gasteiger partial charge in [0.05, 0.1) is 11.6 Å². The van der Waals surface area contributed by atoms with Crippen LogP contribution in [0.25, 0.3) is 11.3 Å². The summed E-state index contributed by atoms with van der Waals surface area (Å²) in [6, 6.07) is 15.7. The molecule has 0 saturated heterocycles. The Morgan fingerprint density at radius 3 is 2.39 bits per heavy atom. The van der Waals surface area contributed by atoms with Crippen LogP contribution in [0.15, 0.2) is 67.0 Å². The van der Waals surface area contributed by atoms with Gasteiger partial charge in [0.1, 0.15) is 5.69 Å². The molecule has 2 aromatic heterocycles. The van der Waals surface area contributed by atoms with Gasteiger partial charge in [0.25, 0.3) is 0 Å². The summed E-state index contributed by atoms with van der Waals surface area (Å²) in [7, 11) is 0. The third-order valence-corrected chi connectivity index (χ3v) is 5.12. The lowest BCUT2D eigenvalue weighted by Crippen LogP contribution is -2.04. The minimum atomic E-state index is -0.401. The second-order valence-electron chi connectivity index (χ2n) is 6.52. The van der Waals surface area contributed by atoms with Gasteiger partial charge in [0.2, 0.25) is 5.78 Å². The van der Waals surface area contributed by atoms with Gasteiger partial charge in [0, 0.05) is 33.6 Å². The molecule has 2 aromatic carbocycles. The molecule has 4 rings (SSSR count). The molecule has 5 nitrogen and oxygen atoms in total. The summed E-state index contributed by atoms with van der Waals surface area (Å²) in [5.41, 5.74) is 3.01. The Balaban J connectivity index is 1.74. The Hall–Kier alpha value is -3.17. The lowest BCUT2D eigenvalue weighted by atomic mass is 10.1. The number of aromatic nitrogens is 4. The molecule has 0 aliphatic rings. The summed E-state index contributed by atoms with van der Waals surface area (Å²) in [5.74, 6) is 5.06. The maximum atomic E-state index is 12.5. The molecular weight excluding hydrogens is 455 g/mol. The third-order valence-electron chi connectivity index (χ3n) is 4.36. The van der Waals surface area contributed by atoms with Gasteiger partial charge in [-0.2, -0.15) is 0 Å². The predicted molar refractivity (Wildman–Crippen MR) is 121 cm³/mol. The average Bonchev–Trinajstić information content (AvgIpc) is 3.14. The van der Waals surface area contributed by atoms with Crippen molar-refractivity contribution < 1.29 is 4.79 Å². The highest BCUT2D eigenvalue weighted by molar-refractivity contribution is 6.35. The van der Waals surface area contributed by atoms with E-state index in [1.807, 2.05) is 12.1 Å². The summed E-state index contributed by atoms with van der Waals surface area (Å²) >= 11 is 18.3.